The number of hydrogen-bond donors (Lipinski definition) is 2. The smallest absolute Gasteiger partial charge is 0.250 e. The molecule has 48 heavy (non-hydrogen) atoms. The highest BCUT2D eigenvalue weighted by Crippen LogP contribution is 2.39. The average molecular weight is 676 g/mol. The summed E-state index contributed by atoms with van der Waals surface area (Å²) in [6, 6.07) is 30.5. The van der Waals surface area contributed by atoms with Crippen LogP contribution in [0.15, 0.2) is 97.2 Å². The van der Waals surface area contributed by atoms with Gasteiger partial charge in [0.25, 0.3) is 0 Å². The molecule has 0 aliphatic rings. The van der Waals surface area contributed by atoms with E-state index in [0.717, 1.165) is 45.2 Å². The van der Waals surface area contributed by atoms with Crippen molar-refractivity contribution in [3.8, 4) is 28.3 Å². The summed E-state index contributed by atoms with van der Waals surface area (Å²) in [6.45, 7) is 19.4. The molecule has 0 spiro atoms. The van der Waals surface area contributed by atoms with Crippen molar-refractivity contribution in [2.24, 2.45) is 0 Å². The number of amides is 1. The van der Waals surface area contributed by atoms with Crippen molar-refractivity contribution in [1.29, 1.82) is 0 Å². The first-order valence-electron chi connectivity index (χ1n) is 16.7. The summed E-state index contributed by atoms with van der Waals surface area (Å²) < 4.78 is 6.49. The van der Waals surface area contributed by atoms with Crippen molar-refractivity contribution in [2.45, 2.75) is 83.7 Å². The summed E-state index contributed by atoms with van der Waals surface area (Å²) in [5, 5.41) is 5.21. The zero-order valence-corrected chi connectivity index (χ0v) is 31.8. The second-order valence-corrected chi connectivity index (χ2v) is 24.8. The Morgan fingerprint density at radius 3 is 2.02 bits per heavy atom. The molecule has 5 rings (SSSR count). The van der Waals surface area contributed by atoms with E-state index in [-0.39, 0.29) is 22.4 Å². The van der Waals surface area contributed by atoms with E-state index >= 15 is 0 Å². The van der Waals surface area contributed by atoms with E-state index < -0.39 is 16.6 Å². The average Bonchev–Trinajstić information content (AvgIpc) is 3.01. The van der Waals surface area contributed by atoms with Gasteiger partial charge in [0.1, 0.15) is 11.4 Å². The molecule has 2 N–H and O–H groups in total. The normalized spacial score (nSPS) is 12.6. The lowest BCUT2D eigenvalue weighted by Crippen LogP contribution is -2.43. The van der Waals surface area contributed by atoms with E-state index in [0.29, 0.717) is 17.2 Å². The number of nitrogens with one attached hydrogen (secondary N) is 1. The van der Waals surface area contributed by atoms with Gasteiger partial charge in [-0.2, -0.15) is 0 Å². The van der Waals surface area contributed by atoms with Crippen molar-refractivity contribution >= 4 is 39.1 Å². The number of aromatic nitrogens is 2. The second kappa shape index (κ2) is 13.4. The third-order valence-electron chi connectivity index (χ3n) is 10.1. The summed E-state index contributed by atoms with van der Waals surface area (Å²) >= 11 is 0. The van der Waals surface area contributed by atoms with Crippen LogP contribution < -0.4 is 9.74 Å². The maximum atomic E-state index is 13.4. The Hall–Kier alpha value is -4.12. The molecule has 8 heteroatoms. The Balaban J connectivity index is 1.40. The molecule has 0 aliphatic heterocycles. The quantitative estimate of drug-likeness (QED) is 0.144. The fourth-order valence-corrected chi connectivity index (χ4v) is 6.83. The van der Waals surface area contributed by atoms with Crippen molar-refractivity contribution in [2.75, 3.05) is 5.32 Å². The van der Waals surface area contributed by atoms with E-state index in [4.69, 9.17) is 14.4 Å². The highest BCUT2D eigenvalue weighted by atomic mass is 28.4. The van der Waals surface area contributed by atoms with Gasteiger partial charge >= 0.3 is 0 Å². The molecule has 0 aliphatic carbocycles. The van der Waals surface area contributed by atoms with E-state index in [1.54, 1.807) is 6.20 Å². The highest BCUT2D eigenvalue weighted by Gasteiger charge is 2.39. The van der Waals surface area contributed by atoms with Gasteiger partial charge in [0.05, 0.1) is 18.3 Å². The second-order valence-electron chi connectivity index (χ2n) is 15.6. The Morgan fingerprint density at radius 2 is 1.40 bits per heavy atom. The molecule has 0 saturated carbocycles. The number of fused-ring (bicyclic) bond motifs is 1. The van der Waals surface area contributed by atoms with Crippen LogP contribution in [0.1, 0.15) is 45.7 Å². The number of carbonyl (C=O) groups is 1. The van der Waals surface area contributed by atoms with Crippen LogP contribution >= 0.6 is 0 Å². The predicted octanol–water partition coefficient (Wildman–Crippen LogP) is 10.0. The van der Waals surface area contributed by atoms with Gasteiger partial charge in [0.15, 0.2) is 14.1 Å². The lowest BCUT2D eigenvalue weighted by atomic mass is 10.00. The third kappa shape index (κ3) is 8.11. The highest BCUT2D eigenvalue weighted by molar-refractivity contribution is 6.74. The van der Waals surface area contributed by atoms with E-state index in [2.05, 4.69) is 89.4 Å². The number of nitrogens with zero attached hydrogens (tertiary/aromatic N) is 2. The topological polar surface area (TPSA) is 84.3 Å². The van der Waals surface area contributed by atoms with E-state index in [1.807, 2.05) is 67.7 Å². The van der Waals surface area contributed by atoms with Crippen LogP contribution in [-0.4, -0.2) is 37.3 Å². The minimum absolute atomic E-state index is 0.103. The van der Waals surface area contributed by atoms with Gasteiger partial charge < -0.3 is 14.5 Å². The Bertz CT molecular complexity index is 1910. The molecular formula is C40H49N3O3Si2. The molecule has 1 heterocycles. The molecule has 6 nitrogen and oxygen atoms in total. The maximum Gasteiger partial charge on any atom is 0.250 e. The molecule has 250 valence electrons. The largest absolute Gasteiger partial charge is 0.544 e. The number of benzene rings is 4. The zero-order valence-electron chi connectivity index (χ0n) is 29.8. The first-order valence-corrected chi connectivity index (χ1v) is 22.5. The van der Waals surface area contributed by atoms with E-state index in [9.17, 15) is 9.59 Å². The molecule has 0 radical (unpaired) electrons. The number of anilines is 1. The van der Waals surface area contributed by atoms with Crippen LogP contribution in [0.3, 0.4) is 0 Å². The first kappa shape index (κ1) is 35.2. The summed E-state index contributed by atoms with van der Waals surface area (Å²) in [4.78, 5) is 33.9. The van der Waals surface area contributed by atoms with Gasteiger partial charge in [-0.1, -0.05) is 95.3 Å². The van der Waals surface area contributed by atoms with Gasteiger partial charge in [-0.25, -0.2) is 9.97 Å². The molecular weight excluding hydrogens is 627 g/mol. The SMILES string of the molecule is CC(C)(Cc1ccc(CC(=O)Nc2ncc(-c3ccc(O[Si](C)(C)C(C)(C)C)cc3)nc2-c2ccc3ccccc3c2)cc1)[Si](C)(C)O. The van der Waals surface area contributed by atoms with Crippen LogP contribution in [0.25, 0.3) is 33.3 Å². The summed E-state index contributed by atoms with van der Waals surface area (Å²) in [7, 11) is -4.29. The van der Waals surface area contributed by atoms with Crippen LogP contribution in [0, 0.1) is 0 Å². The van der Waals surface area contributed by atoms with Crippen molar-refractivity contribution < 1.29 is 14.0 Å². The van der Waals surface area contributed by atoms with Gasteiger partial charge in [0, 0.05) is 11.1 Å². The molecule has 0 unspecified atom stereocenters. The minimum atomic E-state index is -2.32. The summed E-state index contributed by atoms with van der Waals surface area (Å²) in [5.41, 5.74) is 5.17. The molecule has 1 amide bonds. The molecule has 5 aromatic rings. The fourth-order valence-electron chi connectivity index (χ4n) is 5.16. The monoisotopic (exact) mass is 675 g/mol. The Morgan fingerprint density at radius 1 is 0.792 bits per heavy atom. The Labute approximate surface area is 287 Å². The van der Waals surface area contributed by atoms with Gasteiger partial charge in [0.2, 0.25) is 14.2 Å². The molecule has 0 atom stereocenters. The lowest BCUT2D eigenvalue weighted by Gasteiger charge is -2.36. The maximum absolute atomic E-state index is 13.4. The van der Waals surface area contributed by atoms with Crippen LogP contribution in [0.2, 0.25) is 36.3 Å². The van der Waals surface area contributed by atoms with Gasteiger partial charge in [-0.05, 0) is 94.9 Å². The predicted molar refractivity (Wildman–Crippen MR) is 204 cm³/mol. The first-order chi connectivity index (χ1) is 22.4. The fraction of sp³-hybridized carbons (Fsp3) is 0.325. The van der Waals surface area contributed by atoms with Gasteiger partial charge in [-0.3, -0.25) is 4.79 Å². The Kier molecular flexibility index (Phi) is 9.84. The number of hydrogen-bond acceptors (Lipinski definition) is 5. The standard InChI is InChI=1S/C40H49N3O3Si2/c1-39(2,3)48(8,9)46-34-22-20-31(21-23-34)35-27-41-38(37(42-35)33-19-18-30-12-10-11-13-32(30)25-33)43-36(44)24-28-14-16-29(17-15-28)26-40(4,5)47(6,7)45/h10-23,25,27,45H,24,26H2,1-9H3,(H,41,43,44). The molecule has 0 fully saturated rings. The third-order valence-corrected chi connectivity index (χ3v) is 17.9. The molecule has 4 aromatic carbocycles. The van der Waals surface area contributed by atoms with Crippen LogP contribution in [0.5, 0.6) is 5.75 Å². The zero-order chi connectivity index (χ0) is 34.9. The minimum Gasteiger partial charge on any atom is -0.544 e. The molecule has 0 bridgehead atoms. The van der Waals surface area contributed by atoms with Crippen molar-refractivity contribution in [3.05, 3.63) is 108 Å². The summed E-state index contributed by atoms with van der Waals surface area (Å²) in [5.74, 6) is 1.11. The van der Waals surface area contributed by atoms with Gasteiger partial charge in [-0.15, -0.1) is 0 Å². The van der Waals surface area contributed by atoms with Crippen LogP contribution in [0.4, 0.5) is 5.82 Å². The number of carbonyl (C=O) groups excluding carboxylic acids is 1. The molecule has 0 saturated heterocycles. The van der Waals surface area contributed by atoms with E-state index in [1.165, 1.54) is 0 Å². The summed E-state index contributed by atoms with van der Waals surface area (Å²) in [6.07, 6.45) is 2.71. The van der Waals surface area contributed by atoms with Crippen molar-refractivity contribution in [3.63, 3.8) is 0 Å². The molecule has 1 aromatic heterocycles. The van der Waals surface area contributed by atoms with Crippen molar-refractivity contribution in [1.82, 2.24) is 9.97 Å². The number of rotatable bonds is 10. The lowest BCUT2D eigenvalue weighted by molar-refractivity contribution is -0.115. The van der Waals surface area contributed by atoms with Crippen LogP contribution in [-0.2, 0) is 17.6 Å².